The van der Waals surface area contributed by atoms with Crippen LogP contribution in [0.15, 0.2) is 24.3 Å². The van der Waals surface area contributed by atoms with Gasteiger partial charge < -0.3 is 15.2 Å². The Kier molecular flexibility index (Phi) is 4.04. The summed E-state index contributed by atoms with van der Waals surface area (Å²) in [4.78, 5) is 23.2. The quantitative estimate of drug-likeness (QED) is 0.789. The maximum atomic E-state index is 11.6. The molecule has 1 amide bonds. The van der Waals surface area contributed by atoms with Crippen molar-refractivity contribution >= 4 is 11.9 Å². The molecule has 1 aliphatic carbocycles. The van der Waals surface area contributed by atoms with E-state index in [9.17, 15) is 9.59 Å². The number of esters is 1. The molecule has 5 heteroatoms. The number of aromatic hydroxyl groups is 1. The molecule has 0 aromatic heterocycles. The number of ether oxygens (including phenoxy) is 1. The van der Waals surface area contributed by atoms with Gasteiger partial charge in [0.1, 0.15) is 5.75 Å². The van der Waals surface area contributed by atoms with E-state index in [1.807, 2.05) is 6.92 Å². The summed E-state index contributed by atoms with van der Waals surface area (Å²) >= 11 is 0. The lowest BCUT2D eigenvalue weighted by molar-refractivity contribution is -0.124. The van der Waals surface area contributed by atoms with Gasteiger partial charge in [-0.2, -0.15) is 0 Å². The van der Waals surface area contributed by atoms with E-state index in [0.717, 1.165) is 12.8 Å². The minimum atomic E-state index is -0.575. The SMILES string of the molecule is C[C@H](NC(=O)COC(=O)c1ccc(O)cc1)C1CC1. The van der Waals surface area contributed by atoms with Gasteiger partial charge in [-0.05, 0) is 49.9 Å². The van der Waals surface area contributed by atoms with Gasteiger partial charge in [0.05, 0.1) is 5.56 Å². The van der Waals surface area contributed by atoms with Crippen molar-refractivity contribution in [1.29, 1.82) is 0 Å². The molecule has 19 heavy (non-hydrogen) atoms. The number of hydrogen-bond acceptors (Lipinski definition) is 4. The third kappa shape index (κ3) is 3.98. The first-order chi connectivity index (χ1) is 9.06. The molecule has 1 aliphatic rings. The van der Waals surface area contributed by atoms with Gasteiger partial charge in [0.2, 0.25) is 0 Å². The Bertz CT molecular complexity index is 465. The fraction of sp³-hybridized carbons (Fsp3) is 0.429. The molecule has 1 aromatic rings. The summed E-state index contributed by atoms with van der Waals surface area (Å²) in [7, 11) is 0. The lowest BCUT2D eigenvalue weighted by atomic mass is 10.2. The Labute approximate surface area is 111 Å². The second-order valence-electron chi connectivity index (χ2n) is 4.82. The number of benzene rings is 1. The monoisotopic (exact) mass is 263 g/mol. The van der Waals surface area contributed by atoms with E-state index >= 15 is 0 Å². The van der Waals surface area contributed by atoms with Gasteiger partial charge in [-0.15, -0.1) is 0 Å². The van der Waals surface area contributed by atoms with Crippen LogP contribution in [0.5, 0.6) is 5.75 Å². The molecule has 0 aliphatic heterocycles. The van der Waals surface area contributed by atoms with Gasteiger partial charge in [-0.1, -0.05) is 0 Å². The Balaban J connectivity index is 1.76. The normalized spacial score (nSPS) is 15.6. The minimum Gasteiger partial charge on any atom is -0.508 e. The minimum absolute atomic E-state index is 0.0764. The second-order valence-corrected chi connectivity index (χ2v) is 4.82. The molecule has 0 heterocycles. The van der Waals surface area contributed by atoms with Crippen LogP contribution < -0.4 is 5.32 Å². The fourth-order valence-electron chi connectivity index (χ4n) is 1.82. The zero-order valence-electron chi connectivity index (χ0n) is 10.8. The predicted molar refractivity (Wildman–Crippen MR) is 68.7 cm³/mol. The highest BCUT2D eigenvalue weighted by molar-refractivity contribution is 5.91. The van der Waals surface area contributed by atoms with E-state index in [4.69, 9.17) is 9.84 Å². The summed E-state index contributed by atoms with van der Waals surface area (Å²) < 4.78 is 4.90. The number of phenolic OH excluding ortho intramolecular Hbond substituents is 1. The van der Waals surface area contributed by atoms with Gasteiger partial charge in [0.15, 0.2) is 6.61 Å². The van der Waals surface area contributed by atoms with Crippen LogP contribution in [0.4, 0.5) is 0 Å². The number of rotatable bonds is 5. The van der Waals surface area contributed by atoms with E-state index < -0.39 is 5.97 Å². The molecule has 0 saturated heterocycles. The summed E-state index contributed by atoms with van der Waals surface area (Å²) in [6.07, 6.45) is 2.30. The first kappa shape index (κ1) is 13.4. The highest BCUT2D eigenvalue weighted by Crippen LogP contribution is 2.32. The molecule has 1 saturated carbocycles. The molecule has 5 nitrogen and oxygen atoms in total. The van der Waals surface area contributed by atoms with Gasteiger partial charge >= 0.3 is 5.97 Å². The molecular weight excluding hydrogens is 246 g/mol. The topological polar surface area (TPSA) is 75.6 Å². The largest absolute Gasteiger partial charge is 0.508 e. The van der Waals surface area contributed by atoms with Gasteiger partial charge in [0, 0.05) is 6.04 Å². The molecule has 2 rings (SSSR count). The molecule has 1 atom stereocenters. The van der Waals surface area contributed by atoms with Crippen molar-refractivity contribution in [3.05, 3.63) is 29.8 Å². The third-order valence-corrected chi connectivity index (χ3v) is 3.16. The van der Waals surface area contributed by atoms with Gasteiger partial charge in [0.25, 0.3) is 5.91 Å². The second kappa shape index (κ2) is 5.73. The maximum Gasteiger partial charge on any atom is 0.338 e. The molecule has 0 bridgehead atoms. The van der Waals surface area contributed by atoms with Crippen LogP contribution in [-0.4, -0.2) is 29.6 Å². The van der Waals surface area contributed by atoms with Crippen molar-refractivity contribution in [3.63, 3.8) is 0 Å². The summed E-state index contributed by atoms with van der Waals surface area (Å²) in [5.41, 5.74) is 0.306. The summed E-state index contributed by atoms with van der Waals surface area (Å²) in [5, 5.41) is 11.9. The summed E-state index contributed by atoms with van der Waals surface area (Å²) in [6, 6.07) is 5.82. The van der Waals surface area contributed by atoms with Crippen LogP contribution in [0.1, 0.15) is 30.1 Å². The Hall–Kier alpha value is -2.04. The Morgan fingerprint density at radius 3 is 2.58 bits per heavy atom. The van der Waals surface area contributed by atoms with E-state index in [0.29, 0.717) is 11.5 Å². The summed E-state index contributed by atoms with van der Waals surface area (Å²) in [5.74, 6) is -0.218. The first-order valence-corrected chi connectivity index (χ1v) is 6.32. The van der Waals surface area contributed by atoms with E-state index in [-0.39, 0.29) is 24.3 Å². The number of carbonyl (C=O) groups is 2. The van der Waals surface area contributed by atoms with Crippen LogP contribution in [0.25, 0.3) is 0 Å². The molecule has 0 spiro atoms. The van der Waals surface area contributed by atoms with Crippen molar-refractivity contribution in [2.75, 3.05) is 6.61 Å². The van der Waals surface area contributed by atoms with E-state index in [2.05, 4.69) is 5.32 Å². The lowest BCUT2D eigenvalue weighted by Gasteiger charge is -2.12. The van der Waals surface area contributed by atoms with E-state index in [1.54, 1.807) is 0 Å². The summed E-state index contributed by atoms with van der Waals surface area (Å²) in [6.45, 7) is 1.67. The van der Waals surface area contributed by atoms with Crippen LogP contribution in [-0.2, 0) is 9.53 Å². The Morgan fingerprint density at radius 2 is 2.00 bits per heavy atom. The molecular formula is C14H17NO4. The van der Waals surface area contributed by atoms with Crippen molar-refractivity contribution < 1.29 is 19.4 Å². The van der Waals surface area contributed by atoms with Gasteiger partial charge in [-0.3, -0.25) is 4.79 Å². The fourth-order valence-corrected chi connectivity index (χ4v) is 1.82. The van der Waals surface area contributed by atoms with Crippen molar-refractivity contribution in [3.8, 4) is 5.75 Å². The number of hydrogen-bond donors (Lipinski definition) is 2. The highest BCUT2D eigenvalue weighted by Gasteiger charge is 2.28. The first-order valence-electron chi connectivity index (χ1n) is 6.32. The van der Waals surface area contributed by atoms with Crippen molar-refractivity contribution in [2.45, 2.75) is 25.8 Å². The van der Waals surface area contributed by atoms with Crippen LogP contribution in [0, 0.1) is 5.92 Å². The third-order valence-electron chi connectivity index (χ3n) is 3.16. The Morgan fingerprint density at radius 1 is 1.37 bits per heavy atom. The highest BCUT2D eigenvalue weighted by atomic mass is 16.5. The van der Waals surface area contributed by atoms with Crippen molar-refractivity contribution in [1.82, 2.24) is 5.32 Å². The van der Waals surface area contributed by atoms with Gasteiger partial charge in [-0.25, -0.2) is 4.79 Å². The number of amides is 1. The number of carbonyl (C=O) groups excluding carboxylic acids is 2. The average Bonchev–Trinajstić information content (AvgIpc) is 3.21. The molecule has 0 unspecified atom stereocenters. The number of nitrogens with one attached hydrogen (secondary N) is 1. The van der Waals surface area contributed by atoms with Crippen LogP contribution >= 0.6 is 0 Å². The standard InChI is InChI=1S/C14H17NO4/c1-9(10-2-3-10)15-13(17)8-19-14(18)11-4-6-12(16)7-5-11/h4-7,9-10,16H,2-3,8H2,1H3,(H,15,17)/t9-/m0/s1. The van der Waals surface area contributed by atoms with Crippen molar-refractivity contribution in [2.24, 2.45) is 5.92 Å². The average molecular weight is 263 g/mol. The molecule has 2 N–H and O–H groups in total. The van der Waals surface area contributed by atoms with Crippen LogP contribution in [0.2, 0.25) is 0 Å². The van der Waals surface area contributed by atoms with E-state index in [1.165, 1.54) is 24.3 Å². The molecule has 1 aromatic carbocycles. The number of phenols is 1. The van der Waals surface area contributed by atoms with Crippen LogP contribution in [0.3, 0.4) is 0 Å². The molecule has 1 fully saturated rings. The molecule has 0 radical (unpaired) electrons. The molecule has 102 valence electrons. The predicted octanol–water partition coefficient (Wildman–Crippen LogP) is 1.46. The lowest BCUT2D eigenvalue weighted by Crippen LogP contribution is -2.37. The zero-order chi connectivity index (χ0) is 13.8. The zero-order valence-corrected chi connectivity index (χ0v) is 10.8. The smallest absolute Gasteiger partial charge is 0.338 e. The maximum absolute atomic E-state index is 11.6.